The molecule has 20 heavy (non-hydrogen) atoms. The Morgan fingerprint density at radius 3 is 2.55 bits per heavy atom. The molecule has 1 aliphatic rings. The van der Waals surface area contributed by atoms with E-state index >= 15 is 0 Å². The van der Waals surface area contributed by atoms with E-state index in [9.17, 15) is 0 Å². The summed E-state index contributed by atoms with van der Waals surface area (Å²) in [5.74, 6) is 0.657. The van der Waals surface area contributed by atoms with Crippen LogP contribution in [0.2, 0.25) is 5.02 Å². The van der Waals surface area contributed by atoms with Gasteiger partial charge >= 0.3 is 0 Å². The van der Waals surface area contributed by atoms with Crippen molar-refractivity contribution in [3.05, 3.63) is 28.8 Å². The first-order chi connectivity index (χ1) is 9.11. The summed E-state index contributed by atoms with van der Waals surface area (Å²) in [6, 6.07) is 6.04. The van der Waals surface area contributed by atoms with E-state index in [1.165, 1.54) is 11.3 Å². The van der Waals surface area contributed by atoms with Crippen LogP contribution in [0, 0.1) is 6.92 Å². The molecule has 0 radical (unpaired) electrons. The first kappa shape index (κ1) is 17.4. The zero-order valence-electron chi connectivity index (χ0n) is 12.0. The molecule has 0 aromatic heterocycles. The third-order valence-corrected chi connectivity index (χ3v) is 3.67. The minimum absolute atomic E-state index is 0. The van der Waals surface area contributed by atoms with Gasteiger partial charge in [0.25, 0.3) is 0 Å². The smallest absolute Gasteiger partial charge is 0.191 e. The Labute approximate surface area is 143 Å². The highest BCUT2D eigenvalue weighted by Gasteiger charge is 2.19. The fourth-order valence-corrected chi connectivity index (χ4v) is 2.53. The number of nitrogens with two attached hydrogens (primary N) is 1. The Hall–Kier alpha value is -0.690. The molecule has 1 aromatic rings. The number of benzene rings is 1. The zero-order valence-corrected chi connectivity index (χ0v) is 15.1. The SMILES string of the molecule is CCN=C(N)N1CCN(c2cc(Cl)ccc2C)CC1.I. The van der Waals surface area contributed by atoms with Gasteiger partial charge in [-0.3, -0.25) is 4.99 Å². The lowest BCUT2D eigenvalue weighted by molar-refractivity contribution is 0.381. The number of guanidine groups is 1. The maximum Gasteiger partial charge on any atom is 0.191 e. The van der Waals surface area contributed by atoms with Crippen LogP contribution < -0.4 is 10.6 Å². The van der Waals surface area contributed by atoms with E-state index in [0.717, 1.165) is 37.7 Å². The van der Waals surface area contributed by atoms with Crippen LogP contribution in [0.5, 0.6) is 0 Å². The molecule has 1 fully saturated rings. The summed E-state index contributed by atoms with van der Waals surface area (Å²) < 4.78 is 0. The molecule has 0 atom stereocenters. The lowest BCUT2D eigenvalue weighted by atomic mass is 10.1. The molecule has 6 heteroatoms. The van der Waals surface area contributed by atoms with Crippen LogP contribution in [-0.4, -0.2) is 43.6 Å². The number of halogens is 2. The molecule has 1 aromatic carbocycles. The normalized spacial score (nSPS) is 16.1. The lowest BCUT2D eigenvalue weighted by Crippen LogP contribution is -2.51. The molecule has 0 bridgehead atoms. The van der Waals surface area contributed by atoms with Crippen LogP contribution in [0.15, 0.2) is 23.2 Å². The van der Waals surface area contributed by atoms with Crippen LogP contribution in [0.25, 0.3) is 0 Å². The average Bonchev–Trinajstić information content (AvgIpc) is 2.42. The molecule has 0 spiro atoms. The molecule has 0 unspecified atom stereocenters. The van der Waals surface area contributed by atoms with Gasteiger partial charge in [-0.25, -0.2) is 0 Å². The number of rotatable bonds is 2. The largest absolute Gasteiger partial charge is 0.370 e. The third kappa shape index (κ3) is 4.15. The van der Waals surface area contributed by atoms with Gasteiger partial charge in [0.2, 0.25) is 0 Å². The molecule has 1 aliphatic heterocycles. The van der Waals surface area contributed by atoms with Crippen molar-refractivity contribution in [2.45, 2.75) is 13.8 Å². The van der Waals surface area contributed by atoms with Gasteiger partial charge < -0.3 is 15.5 Å². The van der Waals surface area contributed by atoms with Gasteiger partial charge in [-0.2, -0.15) is 0 Å². The van der Waals surface area contributed by atoms with E-state index in [0.29, 0.717) is 5.96 Å². The Morgan fingerprint density at radius 2 is 1.95 bits per heavy atom. The fourth-order valence-electron chi connectivity index (χ4n) is 2.36. The zero-order chi connectivity index (χ0) is 13.8. The summed E-state index contributed by atoms with van der Waals surface area (Å²) in [7, 11) is 0. The van der Waals surface area contributed by atoms with Crippen molar-refractivity contribution >= 4 is 47.2 Å². The first-order valence-electron chi connectivity index (χ1n) is 6.67. The van der Waals surface area contributed by atoms with Gasteiger partial charge in [0.15, 0.2) is 5.96 Å². The molecule has 0 saturated carbocycles. The lowest BCUT2D eigenvalue weighted by Gasteiger charge is -2.37. The number of aryl methyl sites for hydroxylation is 1. The number of nitrogens with zero attached hydrogens (tertiary/aromatic N) is 3. The van der Waals surface area contributed by atoms with Crippen molar-refractivity contribution in [3.8, 4) is 0 Å². The summed E-state index contributed by atoms with van der Waals surface area (Å²) >= 11 is 6.08. The number of hydrogen-bond acceptors (Lipinski definition) is 2. The second kappa shape index (κ2) is 7.93. The predicted octanol–water partition coefficient (Wildman–Crippen LogP) is 2.72. The summed E-state index contributed by atoms with van der Waals surface area (Å²) in [4.78, 5) is 8.76. The third-order valence-electron chi connectivity index (χ3n) is 3.44. The Balaban J connectivity index is 0.00000200. The molecule has 0 aliphatic carbocycles. The predicted molar refractivity (Wildman–Crippen MR) is 97.6 cm³/mol. The van der Waals surface area contributed by atoms with E-state index < -0.39 is 0 Å². The van der Waals surface area contributed by atoms with Crippen molar-refractivity contribution in [1.29, 1.82) is 0 Å². The standard InChI is InChI=1S/C14H21ClN4.HI/c1-3-17-14(16)19-8-6-18(7-9-19)13-10-12(15)5-4-11(13)2;/h4-5,10H,3,6-9H2,1-2H3,(H2,16,17);1H. The summed E-state index contributed by atoms with van der Waals surface area (Å²) in [6.07, 6.45) is 0. The first-order valence-corrected chi connectivity index (χ1v) is 7.05. The molecule has 2 N–H and O–H groups in total. The van der Waals surface area contributed by atoms with E-state index in [-0.39, 0.29) is 24.0 Å². The maximum atomic E-state index is 6.08. The van der Waals surface area contributed by atoms with E-state index in [1.807, 2.05) is 19.1 Å². The van der Waals surface area contributed by atoms with Crippen molar-refractivity contribution in [2.24, 2.45) is 10.7 Å². The van der Waals surface area contributed by atoms with E-state index in [2.05, 4.69) is 27.8 Å². The van der Waals surface area contributed by atoms with E-state index in [1.54, 1.807) is 0 Å². The van der Waals surface area contributed by atoms with Gasteiger partial charge in [0.1, 0.15) is 0 Å². The van der Waals surface area contributed by atoms with Crippen molar-refractivity contribution < 1.29 is 0 Å². The second-order valence-electron chi connectivity index (χ2n) is 4.74. The minimum Gasteiger partial charge on any atom is -0.370 e. The molecule has 112 valence electrons. The van der Waals surface area contributed by atoms with Crippen LogP contribution in [0.3, 0.4) is 0 Å². The maximum absolute atomic E-state index is 6.08. The van der Waals surface area contributed by atoms with Gasteiger partial charge in [-0.05, 0) is 31.5 Å². The van der Waals surface area contributed by atoms with Crippen LogP contribution in [-0.2, 0) is 0 Å². The number of anilines is 1. The van der Waals surface area contributed by atoms with Crippen molar-refractivity contribution in [1.82, 2.24) is 4.90 Å². The van der Waals surface area contributed by atoms with Gasteiger partial charge in [0, 0.05) is 43.4 Å². The molecule has 2 rings (SSSR count). The average molecular weight is 409 g/mol. The highest BCUT2D eigenvalue weighted by atomic mass is 127. The molecule has 0 amide bonds. The van der Waals surface area contributed by atoms with Crippen molar-refractivity contribution in [2.75, 3.05) is 37.6 Å². The Bertz CT molecular complexity index is 470. The molecular formula is C14H22ClIN4. The highest BCUT2D eigenvalue weighted by Crippen LogP contribution is 2.25. The number of aliphatic imine (C=N–C) groups is 1. The Kier molecular flexibility index (Phi) is 6.88. The van der Waals surface area contributed by atoms with Crippen LogP contribution >= 0.6 is 35.6 Å². The van der Waals surface area contributed by atoms with E-state index in [4.69, 9.17) is 17.3 Å². The minimum atomic E-state index is 0. The molecule has 1 saturated heterocycles. The van der Waals surface area contributed by atoms with Crippen molar-refractivity contribution in [3.63, 3.8) is 0 Å². The highest BCUT2D eigenvalue weighted by molar-refractivity contribution is 14.0. The topological polar surface area (TPSA) is 44.9 Å². The molecule has 1 heterocycles. The summed E-state index contributed by atoms with van der Waals surface area (Å²) in [5.41, 5.74) is 8.41. The van der Waals surface area contributed by atoms with Gasteiger partial charge in [-0.1, -0.05) is 17.7 Å². The van der Waals surface area contributed by atoms with Gasteiger partial charge in [-0.15, -0.1) is 24.0 Å². The molecular weight excluding hydrogens is 387 g/mol. The van der Waals surface area contributed by atoms with Crippen LogP contribution in [0.1, 0.15) is 12.5 Å². The monoisotopic (exact) mass is 408 g/mol. The fraction of sp³-hybridized carbons (Fsp3) is 0.500. The van der Waals surface area contributed by atoms with Gasteiger partial charge in [0.05, 0.1) is 0 Å². The quantitative estimate of drug-likeness (QED) is 0.465. The number of hydrogen-bond donors (Lipinski definition) is 1. The van der Waals surface area contributed by atoms with Crippen LogP contribution in [0.4, 0.5) is 5.69 Å². The Morgan fingerprint density at radius 1 is 1.30 bits per heavy atom. The second-order valence-corrected chi connectivity index (χ2v) is 5.17. The number of piperazine rings is 1. The molecule has 4 nitrogen and oxygen atoms in total. The summed E-state index contributed by atoms with van der Waals surface area (Å²) in [5, 5.41) is 0.787. The summed E-state index contributed by atoms with van der Waals surface area (Å²) in [6.45, 7) is 8.55.